The number of carbonyl (C=O) groups excluding carboxylic acids is 1. The van der Waals surface area contributed by atoms with Gasteiger partial charge in [0.1, 0.15) is 5.75 Å². The minimum absolute atomic E-state index is 0.106. The van der Waals surface area contributed by atoms with E-state index in [4.69, 9.17) is 8.85 Å². The van der Waals surface area contributed by atoms with Crippen LogP contribution in [0.3, 0.4) is 0 Å². The number of carbonyl (C=O) groups is 1. The van der Waals surface area contributed by atoms with E-state index in [0.29, 0.717) is 17.9 Å². The molecule has 1 aromatic rings. The minimum Gasteiger partial charge on any atom is -0.507 e. The SMILES string of the molecule is C=C(C)C(=O)OCCC[Si](C)(C)O[Si](C)(C)CCCc1cc(C(C)(C)C)c(O)c(C(C)(C)C)c1. The Labute approximate surface area is 211 Å². The molecule has 1 aromatic carbocycles. The summed E-state index contributed by atoms with van der Waals surface area (Å²) < 4.78 is 12.0. The van der Waals surface area contributed by atoms with E-state index in [1.54, 1.807) is 6.92 Å². The van der Waals surface area contributed by atoms with Crippen molar-refractivity contribution in [2.75, 3.05) is 6.61 Å². The molecule has 6 heteroatoms. The topological polar surface area (TPSA) is 55.8 Å². The van der Waals surface area contributed by atoms with E-state index in [9.17, 15) is 9.90 Å². The molecule has 4 nitrogen and oxygen atoms in total. The molecule has 1 rings (SSSR count). The van der Waals surface area contributed by atoms with Crippen LogP contribution in [-0.4, -0.2) is 34.3 Å². The Bertz CT molecular complexity index is 823. The number of rotatable bonds is 11. The fourth-order valence-electron chi connectivity index (χ4n) is 4.34. The maximum atomic E-state index is 11.6. The van der Waals surface area contributed by atoms with Crippen LogP contribution in [0.15, 0.2) is 24.3 Å². The van der Waals surface area contributed by atoms with Crippen LogP contribution in [0.1, 0.15) is 78.0 Å². The van der Waals surface area contributed by atoms with E-state index in [1.165, 1.54) is 5.56 Å². The van der Waals surface area contributed by atoms with Crippen molar-refractivity contribution in [3.63, 3.8) is 0 Å². The molecule has 1 N–H and O–H groups in total. The number of aryl methyl sites for hydroxylation is 1. The Kier molecular flexibility index (Phi) is 10.4. The van der Waals surface area contributed by atoms with Gasteiger partial charge in [0.05, 0.1) is 6.61 Å². The largest absolute Gasteiger partial charge is 0.507 e. The molecule has 0 saturated heterocycles. The number of ether oxygens (including phenoxy) is 1. The first kappa shape index (κ1) is 30.7. The Morgan fingerprint density at radius 3 is 1.76 bits per heavy atom. The first-order chi connectivity index (χ1) is 15.3. The van der Waals surface area contributed by atoms with Crippen LogP contribution in [0.25, 0.3) is 0 Å². The second-order valence-electron chi connectivity index (χ2n) is 13.0. The number of esters is 1. The Balaban J connectivity index is 2.77. The molecule has 0 aliphatic carbocycles. The van der Waals surface area contributed by atoms with Crippen LogP contribution >= 0.6 is 0 Å². The predicted molar refractivity (Wildman–Crippen MR) is 150 cm³/mol. The van der Waals surface area contributed by atoms with Gasteiger partial charge in [-0.1, -0.05) is 60.3 Å². The number of phenolic OH excluding ortho intramolecular Hbond substituents is 1. The molecule has 0 spiro atoms. The highest BCUT2D eigenvalue weighted by Gasteiger charge is 2.32. The number of aromatic hydroxyl groups is 1. The summed E-state index contributed by atoms with van der Waals surface area (Å²) in [5.41, 5.74) is 3.59. The maximum absolute atomic E-state index is 11.6. The van der Waals surface area contributed by atoms with Crippen molar-refractivity contribution in [2.24, 2.45) is 0 Å². The Morgan fingerprint density at radius 1 is 0.912 bits per heavy atom. The first-order valence-corrected chi connectivity index (χ1v) is 18.9. The second-order valence-corrected chi connectivity index (χ2v) is 21.9. The van der Waals surface area contributed by atoms with Crippen molar-refractivity contribution < 1.29 is 18.8 Å². The maximum Gasteiger partial charge on any atom is 0.333 e. The molecule has 0 unspecified atom stereocenters. The minimum atomic E-state index is -1.83. The molecule has 0 aliphatic rings. The highest BCUT2D eigenvalue weighted by molar-refractivity contribution is 6.84. The smallest absolute Gasteiger partial charge is 0.333 e. The van der Waals surface area contributed by atoms with Crippen LogP contribution in [0.2, 0.25) is 38.3 Å². The van der Waals surface area contributed by atoms with Crippen LogP contribution in [0.4, 0.5) is 0 Å². The van der Waals surface area contributed by atoms with E-state index in [0.717, 1.165) is 42.5 Å². The summed E-state index contributed by atoms with van der Waals surface area (Å²) in [4.78, 5) is 11.6. The fraction of sp³-hybridized carbons (Fsp3) is 0.679. The standard InChI is InChI=1S/C28H50O4Si2/c1-21(2)26(30)31-16-14-18-34(11,12)32-33(9,10)17-13-15-22-19-23(27(3,4)5)25(29)24(20-22)28(6,7)8/h19-20,29H,1,13-18H2,2-12H3. The zero-order chi connectivity index (χ0) is 26.5. The van der Waals surface area contributed by atoms with Crippen molar-refractivity contribution in [3.8, 4) is 5.75 Å². The van der Waals surface area contributed by atoms with Gasteiger partial charge < -0.3 is 14.0 Å². The van der Waals surface area contributed by atoms with Gasteiger partial charge in [0.2, 0.25) is 0 Å². The summed E-state index contributed by atoms with van der Waals surface area (Å²) in [7, 11) is -3.64. The Hall–Kier alpha value is -1.38. The number of hydrogen-bond donors (Lipinski definition) is 1. The van der Waals surface area contributed by atoms with Crippen molar-refractivity contribution >= 4 is 22.6 Å². The third kappa shape index (κ3) is 10.1. The first-order valence-electron chi connectivity index (χ1n) is 12.6. The van der Waals surface area contributed by atoms with Crippen molar-refractivity contribution in [1.29, 1.82) is 0 Å². The second kappa shape index (κ2) is 11.6. The molecule has 0 radical (unpaired) electrons. The molecule has 0 aromatic heterocycles. The van der Waals surface area contributed by atoms with Crippen molar-refractivity contribution in [1.82, 2.24) is 0 Å². The molecular weight excluding hydrogens is 456 g/mol. The lowest BCUT2D eigenvalue weighted by Gasteiger charge is -2.34. The lowest BCUT2D eigenvalue weighted by molar-refractivity contribution is -0.138. The summed E-state index contributed by atoms with van der Waals surface area (Å²) in [6.45, 7) is 27.9. The predicted octanol–water partition coefficient (Wildman–Crippen LogP) is 7.86. The number of phenols is 1. The zero-order valence-corrected chi connectivity index (χ0v) is 25.8. The van der Waals surface area contributed by atoms with E-state index >= 15 is 0 Å². The third-order valence-electron chi connectivity index (χ3n) is 6.09. The molecule has 34 heavy (non-hydrogen) atoms. The molecule has 0 aliphatic heterocycles. The van der Waals surface area contributed by atoms with Gasteiger partial charge in [-0.25, -0.2) is 4.79 Å². The van der Waals surface area contributed by atoms with E-state index in [-0.39, 0.29) is 16.8 Å². The quantitative estimate of drug-likeness (QED) is 0.144. The van der Waals surface area contributed by atoms with Crippen LogP contribution in [-0.2, 0) is 30.9 Å². The fourth-order valence-corrected chi connectivity index (χ4v) is 13.2. The molecule has 0 fully saturated rings. The number of hydrogen-bond acceptors (Lipinski definition) is 4. The third-order valence-corrected chi connectivity index (χ3v) is 13.6. The summed E-state index contributed by atoms with van der Waals surface area (Å²) in [5, 5.41) is 11.0. The molecule has 194 valence electrons. The van der Waals surface area contributed by atoms with Gasteiger partial charge in [-0.05, 0) is 92.0 Å². The van der Waals surface area contributed by atoms with Crippen molar-refractivity contribution in [3.05, 3.63) is 41.0 Å². The van der Waals surface area contributed by atoms with Gasteiger partial charge in [-0.15, -0.1) is 0 Å². The monoisotopic (exact) mass is 506 g/mol. The van der Waals surface area contributed by atoms with E-state index in [1.807, 2.05) is 0 Å². The highest BCUT2D eigenvalue weighted by atomic mass is 28.4. The number of benzene rings is 1. The van der Waals surface area contributed by atoms with Crippen LogP contribution in [0, 0.1) is 0 Å². The van der Waals surface area contributed by atoms with Gasteiger partial charge in [-0.3, -0.25) is 0 Å². The van der Waals surface area contributed by atoms with Gasteiger partial charge in [-0.2, -0.15) is 0 Å². The summed E-state index contributed by atoms with van der Waals surface area (Å²) in [6, 6.07) is 6.48. The highest BCUT2D eigenvalue weighted by Crippen LogP contribution is 2.40. The van der Waals surface area contributed by atoms with E-state index < -0.39 is 16.6 Å². The molecule has 0 atom stereocenters. The lowest BCUT2D eigenvalue weighted by atomic mass is 9.78. The zero-order valence-electron chi connectivity index (χ0n) is 23.8. The molecular formula is C28H50O4Si2. The van der Waals surface area contributed by atoms with E-state index in [2.05, 4.69) is 86.4 Å². The average Bonchev–Trinajstić information content (AvgIpc) is 2.63. The summed E-state index contributed by atoms with van der Waals surface area (Å²) >= 11 is 0. The molecule has 0 bridgehead atoms. The molecule has 0 saturated carbocycles. The summed E-state index contributed by atoms with van der Waals surface area (Å²) in [6.07, 6.45) is 2.91. The lowest BCUT2D eigenvalue weighted by Crippen LogP contribution is -2.44. The Morgan fingerprint density at radius 2 is 1.35 bits per heavy atom. The van der Waals surface area contributed by atoms with Gasteiger partial charge in [0, 0.05) is 5.57 Å². The molecule has 0 heterocycles. The summed E-state index contributed by atoms with van der Waals surface area (Å²) in [5.74, 6) is 0.136. The van der Waals surface area contributed by atoms with Gasteiger partial charge >= 0.3 is 5.97 Å². The normalized spacial score (nSPS) is 13.1. The molecule has 0 amide bonds. The van der Waals surface area contributed by atoms with Crippen LogP contribution < -0.4 is 0 Å². The average molecular weight is 507 g/mol. The van der Waals surface area contributed by atoms with Gasteiger partial charge in [0.15, 0.2) is 16.6 Å². The van der Waals surface area contributed by atoms with Crippen molar-refractivity contribution in [2.45, 2.75) is 117 Å². The van der Waals surface area contributed by atoms with Gasteiger partial charge in [0.25, 0.3) is 0 Å². The van der Waals surface area contributed by atoms with Crippen LogP contribution in [0.5, 0.6) is 5.75 Å².